The Kier molecular flexibility index (Phi) is 2.69. The zero-order valence-electron chi connectivity index (χ0n) is 9.56. The highest BCUT2D eigenvalue weighted by Gasteiger charge is 2.16. The van der Waals surface area contributed by atoms with Gasteiger partial charge in [0.2, 0.25) is 0 Å². The molecule has 0 aliphatic carbocycles. The summed E-state index contributed by atoms with van der Waals surface area (Å²) in [5, 5.41) is 22.4. The molecule has 2 aromatic heterocycles. The number of aliphatic hydroxyl groups is 1. The first-order valence-corrected chi connectivity index (χ1v) is 5.31. The minimum Gasteiger partial charge on any atom is -0.387 e. The SMILES string of the molecule is CCc1c(C(C)O)[nH]c2c(C#N)cnn2c1=O. The molecule has 0 aliphatic rings. The zero-order valence-corrected chi connectivity index (χ0v) is 9.56. The largest absolute Gasteiger partial charge is 0.387 e. The van der Waals surface area contributed by atoms with Crippen molar-refractivity contribution < 1.29 is 5.11 Å². The third-order valence-corrected chi connectivity index (χ3v) is 2.69. The van der Waals surface area contributed by atoms with E-state index in [9.17, 15) is 9.90 Å². The van der Waals surface area contributed by atoms with Crippen molar-refractivity contribution in [1.82, 2.24) is 14.6 Å². The maximum atomic E-state index is 12.1. The molecule has 88 valence electrons. The van der Waals surface area contributed by atoms with Gasteiger partial charge in [-0.2, -0.15) is 14.9 Å². The monoisotopic (exact) mass is 232 g/mol. The van der Waals surface area contributed by atoms with E-state index in [1.54, 1.807) is 6.92 Å². The lowest BCUT2D eigenvalue weighted by Gasteiger charge is -2.10. The Hall–Kier alpha value is -2.13. The highest BCUT2D eigenvalue weighted by Crippen LogP contribution is 2.15. The van der Waals surface area contributed by atoms with Gasteiger partial charge in [-0.1, -0.05) is 6.92 Å². The molecule has 1 atom stereocenters. The summed E-state index contributed by atoms with van der Waals surface area (Å²) in [6.07, 6.45) is 1.04. The molecule has 0 aromatic carbocycles. The van der Waals surface area contributed by atoms with Gasteiger partial charge in [-0.15, -0.1) is 0 Å². The van der Waals surface area contributed by atoms with E-state index in [2.05, 4.69) is 10.1 Å². The molecule has 6 nitrogen and oxygen atoms in total. The van der Waals surface area contributed by atoms with Gasteiger partial charge < -0.3 is 10.1 Å². The van der Waals surface area contributed by atoms with Crippen molar-refractivity contribution in [2.24, 2.45) is 0 Å². The number of rotatable bonds is 2. The summed E-state index contributed by atoms with van der Waals surface area (Å²) in [5.74, 6) is 0. The van der Waals surface area contributed by atoms with Crippen molar-refractivity contribution >= 4 is 5.65 Å². The van der Waals surface area contributed by atoms with Crippen LogP contribution in [0.3, 0.4) is 0 Å². The van der Waals surface area contributed by atoms with Gasteiger partial charge in [-0.3, -0.25) is 4.79 Å². The predicted octanol–water partition coefficient (Wildman–Crippen LogP) is 0.510. The van der Waals surface area contributed by atoms with Crippen molar-refractivity contribution in [2.45, 2.75) is 26.4 Å². The van der Waals surface area contributed by atoms with Crippen molar-refractivity contribution in [3.63, 3.8) is 0 Å². The van der Waals surface area contributed by atoms with Crippen molar-refractivity contribution in [3.05, 3.63) is 33.4 Å². The van der Waals surface area contributed by atoms with E-state index in [0.717, 1.165) is 4.52 Å². The number of nitrogens with zero attached hydrogens (tertiary/aromatic N) is 3. The molecule has 0 amide bonds. The highest BCUT2D eigenvalue weighted by molar-refractivity contribution is 5.54. The van der Waals surface area contributed by atoms with E-state index in [-0.39, 0.29) is 11.1 Å². The molecule has 0 bridgehead atoms. The molecule has 0 aliphatic heterocycles. The van der Waals surface area contributed by atoms with Crippen LogP contribution in [0.1, 0.15) is 36.8 Å². The number of aromatic nitrogens is 3. The molecule has 0 saturated carbocycles. The van der Waals surface area contributed by atoms with Gasteiger partial charge in [-0.25, -0.2) is 0 Å². The second-order valence-electron chi connectivity index (χ2n) is 3.78. The smallest absolute Gasteiger partial charge is 0.277 e. The quantitative estimate of drug-likeness (QED) is 0.788. The van der Waals surface area contributed by atoms with Crippen LogP contribution in [-0.2, 0) is 6.42 Å². The Bertz CT molecular complexity index is 660. The van der Waals surface area contributed by atoms with Gasteiger partial charge in [0.1, 0.15) is 11.6 Å². The second-order valence-corrected chi connectivity index (χ2v) is 3.78. The summed E-state index contributed by atoms with van der Waals surface area (Å²) in [4.78, 5) is 15.0. The van der Waals surface area contributed by atoms with Crippen LogP contribution < -0.4 is 5.56 Å². The van der Waals surface area contributed by atoms with E-state index >= 15 is 0 Å². The molecule has 6 heteroatoms. The molecule has 2 N–H and O–H groups in total. The number of hydrogen-bond acceptors (Lipinski definition) is 4. The molecule has 0 saturated heterocycles. The standard InChI is InChI=1S/C11H12N4O2/c1-3-8-9(6(2)16)14-10-7(4-12)5-13-15(10)11(8)17/h5-6,14,16H,3H2,1-2H3. The van der Waals surface area contributed by atoms with Gasteiger partial charge in [0, 0.05) is 5.56 Å². The Morgan fingerprint density at radius 3 is 2.94 bits per heavy atom. The van der Waals surface area contributed by atoms with Gasteiger partial charge in [0.05, 0.1) is 18.0 Å². The molecular formula is C11H12N4O2. The lowest BCUT2D eigenvalue weighted by Crippen LogP contribution is -2.23. The van der Waals surface area contributed by atoms with Crippen molar-refractivity contribution in [3.8, 4) is 6.07 Å². The topological polar surface area (TPSA) is 94.2 Å². The number of fused-ring (bicyclic) bond motifs is 1. The second kappa shape index (κ2) is 4.03. The average Bonchev–Trinajstić information content (AvgIpc) is 2.71. The Morgan fingerprint density at radius 2 is 2.41 bits per heavy atom. The van der Waals surface area contributed by atoms with Crippen LogP contribution in [0.15, 0.2) is 11.0 Å². The minimum absolute atomic E-state index is 0.284. The van der Waals surface area contributed by atoms with Crippen molar-refractivity contribution in [1.29, 1.82) is 5.26 Å². The first-order valence-electron chi connectivity index (χ1n) is 5.31. The third kappa shape index (κ3) is 1.61. The van der Waals surface area contributed by atoms with Gasteiger partial charge in [0.25, 0.3) is 5.56 Å². The molecule has 2 aromatic rings. The van der Waals surface area contributed by atoms with Gasteiger partial charge >= 0.3 is 0 Å². The van der Waals surface area contributed by atoms with E-state index in [0.29, 0.717) is 23.3 Å². The molecule has 0 fully saturated rings. The average molecular weight is 232 g/mol. The summed E-state index contributed by atoms with van der Waals surface area (Å²) in [5.41, 5.74) is 1.25. The molecule has 0 spiro atoms. The van der Waals surface area contributed by atoms with E-state index in [4.69, 9.17) is 5.26 Å². The first kappa shape index (κ1) is 11.4. The van der Waals surface area contributed by atoms with Crippen molar-refractivity contribution in [2.75, 3.05) is 0 Å². The summed E-state index contributed by atoms with van der Waals surface area (Å²) in [7, 11) is 0. The Labute approximate surface area is 97.1 Å². The third-order valence-electron chi connectivity index (χ3n) is 2.69. The molecule has 2 rings (SSSR count). The van der Waals surface area contributed by atoms with Crippen LogP contribution in [-0.4, -0.2) is 19.7 Å². The number of H-pyrrole nitrogens is 1. The summed E-state index contributed by atoms with van der Waals surface area (Å²) < 4.78 is 1.16. The lowest BCUT2D eigenvalue weighted by molar-refractivity contribution is 0.193. The summed E-state index contributed by atoms with van der Waals surface area (Å²) in [6, 6.07) is 1.95. The Balaban J connectivity index is 2.91. The summed E-state index contributed by atoms with van der Waals surface area (Å²) >= 11 is 0. The number of hydrogen-bond donors (Lipinski definition) is 2. The maximum Gasteiger partial charge on any atom is 0.277 e. The first-order chi connectivity index (χ1) is 8.10. The van der Waals surface area contributed by atoms with E-state index in [1.165, 1.54) is 6.20 Å². The number of nitrogens with one attached hydrogen (secondary N) is 1. The lowest BCUT2D eigenvalue weighted by atomic mass is 10.1. The fraction of sp³-hybridized carbons (Fsp3) is 0.364. The molecule has 0 radical (unpaired) electrons. The zero-order chi connectivity index (χ0) is 12.6. The fourth-order valence-corrected chi connectivity index (χ4v) is 1.85. The van der Waals surface area contributed by atoms with Crippen LogP contribution in [0.2, 0.25) is 0 Å². The minimum atomic E-state index is -0.788. The predicted molar refractivity (Wildman–Crippen MR) is 60.5 cm³/mol. The molecular weight excluding hydrogens is 220 g/mol. The molecule has 2 heterocycles. The number of nitriles is 1. The fourth-order valence-electron chi connectivity index (χ4n) is 1.85. The van der Waals surface area contributed by atoms with Gasteiger partial charge in [0.15, 0.2) is 5.65 Å². The summed E-state index contributed by atoms with van der Waals surface area (Å²) in [6.45, 7) is 3.40. The number of aromatic amines is 1. The van der Waals surface area contributed by atoms with E-state index in [1.807, 2.05) is 13.0 Å². The molecule has 17 heavy (non-hydrogen) atoms. The van der Waals surface area contributed by atoms with Crippen LogP contribution in [0.4, 0.5) is 0 Å². The Morgan fingerprint density at radius 1 is 1.71 bits per heavy atom. The van der Waals surface area contributed by atoms with E-state index < -0.39 is 6.10 Å². The number of aliphatic hydroxyl groups excluding tert-OH is 1. The molecule has 1 unspecified atom stereocenters. The maximum absolute atomic E-state index is 12.1. The highest BCUT2D eigenvalue weighted by atomic mass is 16.3. The van der Waals surface area contributed by atoms with Crippen LogP contribution in [0, 0.1) is 11.3 Å². The van der Waals surface area contributed by atoms with Crippen LogP contribution in [0.5, 0.6) is 0 Å². The normalized spacial score (nSPS) is 12.6. The van der Waals surface area contributed by atoms with Crippen LogP contribution >= 0.6 is 0 Å². The van der Waals surface area contributed by atoms with Gasteiger partial charge in [-0.05, 0) is 13.3 Å². The van der Waals surface area contributed by atoms with Crippen LogP contribution in [0.25, 0.3) is 5.65 Å².